The Balaban J connectivity index is 2.07. The molecule has 0 aromatic heterocycles. The van der Waals surface area contributed by atoms with Gasteiger partial charge in [0.2, 0.25) is 0 Å². The predicted octanol–water partition coefficient (Wildman–Crippen LogP) is 4.20. The molecule has 1 fully saturated rings. The molecule has 134 valence electrons. The summed E-state index contributed by atoms with van der Waals surface area (Å²) >= 11 is 0. The number of hydrogen-bond acceptors (Lipinski definition) is 3. The maximum Gasteiger partial charge on any atom is 0.407 e. The maximum atomic E-state index is 12.2. The van der Waals surface area contributed by atoms with Crippen molar-refractivity contribution in [1.82, 2.24) is 10.2 Å². The van der Waals surface area contributed by atoms with Gasteiger partial charge in [0.1, 0.15) is 5.60 Å². The van der Waals surface area contributed by atoms with Crippen LogP contribution in [0.5, 0.6) is 0 Å². The summed E-state index contributed by atoms with van der Waals surface area (Å²) in [6.45, 7) is 13.3. The summed E-state index contributed by atoms with van der Waals surface area (Å²) in [6, 6.07) is 11.4. The lowest BCUT2D eigenvalue weighted by atomic mass is 9.83. The third-order valence-corrected chi connectivity index (χ3v) is 4.83. The molecule has 4 nitrogen and oxygen atoms in total. The van der Waals surface area contributed by atoms with E-state index in [1.807, 2.05) is 26.8 Å². The highest BCUT2D eigenvalue weighted by molar-refractivity contribution is 5.68. The zero-order valence-corrected chi connectivity index (χ0v) is 15.9. The van der Waals surface area contributed by atoms with Crippen LogP contribution in [0.25, 0.3) is 0 Å². The van der Waals surface area contributed by atoms with Crippen LogP contribution in [0, 0.1) is 5.92 Å². The quantitative estimate of drug-likeness (QED) is 0.902. The average Bonchev–Trinajstić information content (AvgIpc) is 2.47. The summed E-state index contributed by atoms with van der Waals surface area (Å²) in [5, 5.41) is 3.11. The van der Waals surface area contributed by atoms with E-state index in [4.69, 9.17) is 4.74 Å². The van der Waals surface area contributed by atoms with Gasteiger partial charge in [-0.1, -0.05) is 37.3 Å². The number of likely N-dealkylation sites (tertiary alicyclic amines) is 1. The van der Waals surface area contributed by atoms with E-state index in [0.29, 0.717) is 12.0 Å². The van der Waals surface area contributed by atoms with Gasteiger partial charge in [-0.05, 0) is 52.5 Å². The molecule has 1 heterocycles. The van der Waals surface area contributed by atoms with Gasteiger partial charge in [-0.15, -0.1) is 0 Å². The number of hydrogen-bond donors (Lipinski definition) is 1. The summed E-state index contributed by atoms with van der Waals surface area (Å²) in [6.07, 6.45) is 0.748. The van der Waals surface area contributed by atoms with Crippen molar-refractivity contribution in [2.24, 2.45) is 5.92 Å². The lowest BCUT2D eigenvalue weighted by Crippen LogP contribution is -2.60. The van der Waals surface area contributed by atoms with Gasteiger partial charge in [-0.3, -0.25) is 4.90 Å². The van der Waals surface area contributed by atoms with Gasteiger partial charge in [-0.25, -0.2) is 4.79 Å². The van der Waals surface area contributed by atoms with Crippen LogP contribution in [0.15, 0.2) is 30.3 Å². The number of alkyl carbamates (subject to hydrolysis) is 1. The molecule has 1 aliphatic heterocycles. The minimum absolute atomic E-state index is 0.0970. The van der Waals surface area contributed by atoms with E-state index < -0.39 is 5.60 Å². The van der Waals surface area contributed by atoms with E-state index in [-0.39, 0.29) is 18.2 Å². The number of nitrogens with zero attached hydrogens (tertiary/aromatic N) is 1. The first-order chi connectivity index (χ1) is 11.2. The molecule has 2 rings (SSSR count). The standard InChI is InChI=1S/C20H32N2O2/c1-14-12-15(2)22(13-17-10-8-7-9-11-17)16(3)18(14)21-19(23)24-20(4,5)6/h7-11,14-16,18H,12-13H2,1-6H3,(H,21,23)/t14-,15+,16-,18-/m1/s1. The van der Waals surface area contributed by atoms with E-state index >= 15 is 0 Å². The Kier molecular flexibility index (Phi) is 5.92. The Bertz CT molecular complexity index is 538. The monoisotopic (exact) mass is 332 g/mol. The van der Waals surface area contributed by atoms with Crippen molar-refractivity contribution >= 4 is 6.09 Å². The van der Waals surface area contributed by atoms with Crippen LogP contribution in [0.1, 0.15) is 53.5 Å². The van der Waals surface area contributed by atoms with Crippen LogP contribution in [0.2, 0.25) is 0 Å². The topological polar surface area (TPSA) is 41.6 Å². The van der Waals surface area contributed by atoms with Crippen LogP contribution in [0.4, 0.5) is 4.79 Å². The van der Waals surface area contributed by atoms with Gasteiger partial charge >= 0.3 is 6.09 Å². The normalized spacial score (nSPS) is 28.4. The van der Waals surface area contributed by atoms with Gasteiger partial charge < -0.3 is 10.1 Å². The Morgan fingerprint density at radius 1 is 1.21 bits per heavy atom. The van der Waals surface area contributed by atoms with E-state index in [1.165, 1.54) is 5.56 Å². The molecule has 0 unspecified atom stereocenters. The van der Waals surface area contributed by atoms with Crippen molar-refractivity contribution in [1.29, 1.82) is 0 Å². The summed E-state index contributed by atoms with van der Waals surface area (Å²) in [5.74, 6) is 0.426. The first-order valence-electron chi connectivity index (χ1n) is 8.96. The van der Waals surface area contributed by atoms with E-state index in [1.54, 1.807) is 0 Å². The molecule has 1 amide bonds. The molecule has 1 N–H and O–H groups in total. The lowest BCUT2D eigenvalue weighted by molar-refractivity contribution is 0.0171. The van der Waals surface area contributed by atoms with Crippen LogP contribution < -0.4 is 5.32 Å². The second-order valence-electron chi connectivity index (χ2n) is 8.13. The number of rotatable bonds is 3. The zero-order chi connectivity index (χ0) is 17.9. The Labute approximate surface area is 146 Å². The molecule has 0 aliphatic carbocycles. The number of piperidine rings is 1. The molecular weight excluding hydrogens is 300 g/mol. The third-order valence-electron chi connectivity index (χ3n) is 4.83. The minimum atomic E-state index is -0.470. The van der Waals surface area contributed by atoms with Crippen molar-refractivity contribution in [3.63, 3.8) is 0 Å². The van der Waals surface area contributed by atoms with Crippen LogP contribution in [-0.2, 0) is 11.3 Å². The summed E-state index contributed by atoms with van der Waals surface area (Å²) in [4.78, 5) is 14.7. The number of benzene rings is 1. The molecule has 0 spiro atoms. The summed E-state index contributed by atoms with van der Waals surface area (Å²) < 4.78 is 5.45. The van der Waals surface area contributed by atoms with Gasteiger partial charge in [0.05, 0.1) is 6.04 Å². The van der Waals surface area contributed by atoms with Gasteiger partial charge in [0.15, 0.2) is 0 Å². The maximum absolute atomic E-state index is 12.2. The molecule has 1 aliphatic rings. The third kappa shape index (κ3) is 4.97. The fourth-order valence-corrected chi connectivity index (χ4v) is 3.70. The van der Waals surface area contributed by atoms with Gasteiger partial charge in [-0.2, -0.15) is 0 Å². The average molecular weight is 332 g/mol. The van der Waals surface area contributed by atoms with Crippen molar-refractivity contribution in [2.45, 2.75) is 78.2 Å². The number of nitrogens with one attached hydrogen (secondary N) is 1. The molecule has 0 radical (unpaired) electrons. The minimum Gasteiger partial charge on any atom is -0.444 e. The summed E-state index contributed by atoms with van der Waals surface area (Å²) in [7, 11) is 0. The number of carbonyl (C=O) groups excluding carboxylic acids is 1. The smallest absolute Gasteiger partial charge is 0.407 e. The molecular formula is C20H32N2O2. The highest BCUT2D eigenvalue weighted by Gasteiger charge is 2.38. The predicted molar refractivity (Wildman–Crippen MR) is 97.8 cm³/mol. The fraction of sp³-hybridized carbons (Fsp3) is 0.650. The molecule has 1 saturated heterocycles. The second kappa shape index (κ2) is 7.56. The van der Waals surface area contributed by atoms with Crippen LogP contribution in [0.3, 0.4) is 0 Å². The van der Waals surface area contributed by atoms with Crippen molar-refractivity contribution in [3.8, 4) is 0 Å². The largest absolute Gasteiger partial charge is 0.444 e. The SMILES string of the molecule is C[C@@H]1C[C@H](C)N(Cc2ccccc2)[C@H](C)[C@@H]1NC(=O)OC(C)(C)C. The number of ether oxygens (including phenoxy) is 1. The molecule has 24 heavy (non-hydrogen) atoms. The molecule has 4 heteroatoms. The van der Waals surface area contributed by atoms with Crippen molar-refractivity contribution in [3.05, 3.63) is 35.9 Å². The molecule has 0 saturated carbocycles. The Morgan fingerprint density at radius 2 is 1.83 bits per heavy atom. The van der Waals surface area contributed by atoms with E-state index in [0.717, 1.165) is 13.0 Å². The van der Waals surface area contributed by atoms with Gasteiger partial charge in [0, 0.05) is 18.6 Å². The Morgan fingerprint density at radius 3 is 2.42 bits per heavy atom. The highest BCUT2D eigenvalue weighted by atomic mass is 16.6. The van der Waals surface area contributed by atoms with Gasteiger partial charge in [0.25, 0.3) is 0 Å². The molecule has 4 atom stereocenters. The second-order valence-corrected chi connectivity index (χ2v) is 8.13. The Hall–Kier alpha value is -1.55. The van der Waals surface area contributed by atoms with E-state index in [2.05, 4.69) is 55.3 Å². The first-order valence-corrected chi connectivity index (χ1v) is 8.96. The van der Waals surface area contributed by atoms with Crippen LogP contribution in [-0.4, -0.2) is 34.7 Å². The number of carbonyl (C=O) groups is 1. The van der Waals surface area contributed by atoms with E-state index in [9.17, 15) is 4.79 Å². The molecule has 0 bridgehead atoms. The lowest BCUT2D eigenvalue weighted by Gasteiger charge is -2.47. The number of amides is 1. The fourth-order valence-electron chi connectivity index (χ4n) is 3.70. The summed E-state index contributed by atoms with van der Waals surface area (Å²) in [5.41, 5.74) is 0.837. The molecule has 1 aromatic rings. The van der Waals surface area contributed by atoms with Crippen LogP contribution >= 0.6 is 0 Å². The zero-order valence-electron chi connectivity index (χ0n) is 15.9. The molecule has 1 aromatic carbocycles. The highest BCUT2D eigenvalue weighted by Crippen LogP contribution is 2.29. The van der Waals surface area contributed by atoms with Crippen molar-refractivity contribution in [2.75, 3.05) is 0 Å². The van der Waals surface area contributed by atoms with Crippen molar-refractivity contribution < 1.29 is 9.53 Å². The first kappa shape index (κ1) is 18.8.